The lowest BCUT2D eigenvalue weighted by molar-refractivity contribution is -0.129. The molecule has 0 saturated heterocycles. The Morgan fingerprint density at radius 2 is 1.93 bits per heavy atom. The van der Waals surface area contributed by atoms with Gasteiger partial charge in [0, 0.05) is 30.1 Å². The van der Waals surface area contributed by atoms with Crippen molar-refractivity contribution in [3.8, 4) is 0 Å². The van der Waals surface area contributed by atoms with Crippen molar-refractivity contribution < 1.29 is 4.79 Å². The van der Waals surface area contributed by atoms with Gasteiger partial charge in [-0.3, -0.25) is 9.59 Å². The summed E-state index contributed by atoms with van der Waals surface area (Å²) in [5.41, 5.74) is 1.44. The second-order valence-electron chi connectivity index (χ2n) is 9.37. The summed E-state index contributed by atoms with van der Waals surface area (Å²) >= 11 is 1.60. The summed E-state index contributed by atoms with van der Waals surface area (Å²) in [6, 6.07) is 9.96. The van der Waals surface area contributed by atoms with Gasteiger partial charge < -0.3 is 10.3 Å². The standard InChI is InChI=1S/C24H31N3O2S/c1-4-5-9-12-30-23-26-21-20(22(29)27-23)18(15-10-7-6-8-11-15)19-16(25-21)13-24(2,3)14-17(19)28/h6-8,10-11,16,18-19H,4-5,9,12-14H2,1-3H3,(H2,25,26,27,29). The molecule has 4 rings (SSSR count). The maximum atomic E-state index is 13.2. The van der Waals surface area contributed by atoms with Crippen molar-refractivity contribution >= 4 is 23.4 Å². The predicted molar refractivity (Wildman–Crippen MR) is 122 cm³/mol. The third kappa shape index (κ3) is 4.20. The Labute approximate surface area is 182 Å². The molecule has 2 N–H and O–H groups in total. The third-order valence-electron chi connectivity index (χ3n) is 6.30. The van der Waals surface area contributed by atoms with Crippen LogP contribution in [0.4, 0.5) is 5.82 Å². The van der Waals surface area contributed by atoms with Crippen LogP contribution in [-0.4, -0.2) is 27.5 Å². The number of carbonyl (C=O) groups excluding carboxylic acids is 1. The summed E-state index contributed by atoms with van der Waals surface area (Å²) in [6.07, 6.45) is 4.89. The molecule has 2 aromatic rings. The molecule has 6 heteroatoms. The number of aromatic nitrogens is 2. The Morgan fingerprint density at radius 3 is 2.67 bits per heavy atom. The predicted octanol–water partition coefficient (Wildman–Crippen LogP) is 4.98. The molecule has 1 saturated carbocycles. The number of ketones is 1. The van der Waals surface area contributed by atoms with Crippen LogP contribution in [0.1, 0.15) is 69.9 Å². The molecule has 5 nitrogen and oxygen atoms in total. The van der Waals surface area contributed by atoms with E-state index in [1.54, 1.807) is 11.8 Å². The third-order valence-corrected chi connectivity index (χ3v) is 7.26. The van der Waals surface area contributed by atoms with E-state index in [4.69, 9.17) is 4.98 Å². The van der Waals surface area contributed by atoms with E-state index in [-0.39, 0.29) is 34.6 Å². The highest BCUT2D eigenvalue weighted by molar-refractivity contribution is 7.99. The zero-order valence-corrected chi connectivity index (χ0v) is 18.8. The first kappa shape index (κ1) is 21.2. The number of nitrogens with one attached hydrogen (secondary N) is 2. The van der Waals surface area contributed by atoms with E-state index in [2.05, 4.69) is 31.1 Å². The molecule has 1 fully saturated rings. The Balaban J connectivity index is 1.76. The lowest BCUT2D eigenvalue weighted by Gasteiger charge is -2.46. The second kappa shape index (κ2) is 8.58. The Bertz CT molecular complexity index is 970. The molecule has 0 bridgehead atoms. The molecular weight excluding hydrogens is 394 g/mol. The fourth-order valence-corrected chi connectivity index (χ4v) is 5.87. The van der Waals surface area contributed by atoms with Gasteiger partial charge in [-0.25, -0.2) is 4.98 Å². The van der Waals surface area contributed by atoms with E-state index < -0.39 is 0 Å². The van der Waals surface area contributed by atoms with E-state index in [1.807, 2.05) is 30.3 Å². The SMILES string of the molecule is CCCCCSc1nc2c(c(=O)[nH]1)C(c1ccccc1)C1C(=O)CC(C)(C)CC1N2. The van der Waals surface area contributed by atoms with Crippen LogP contribution in [0.2, 0.25) is 0 Å². The average Bonchev–Trinajstić information content (AvgIpc) is 2.69. The number of aromatic amines is 1. The van der Waals surface area contributed by atoms with Crippen LogP contribution in [0.5, 0.6) is 0 Å². The molecule has 160 valence electrons. The highest BCUT2D eigenvalue weighted by Crippen LogP contribution is 2.48. The number of fused-ring (bicyclic) bond motifs is 2. The van der Waals surface area contributed by atoms with Gasteiger partial charge in [-0.1, -0.05) is 75.7 Å². The summed E-state index contributed by atoms with van der Waals surface area (Å²) < 4.78 is 0. The van der Waals surface area contributed by atoms with Gasteiger partial charge in [0.25, 0.3) is 5.56 Å². The molecule has 0 radical (unpaired) electrons. The number of carbonyl (C=O) groups is 1. The molecule has 2 aliphatic rings. The van der Waals surface area contributed by atoms with Crippen molar-refractivity contribution in [2.45, 2.75) is 70.0 Å². The van der Waals surface area contributed by atoms with Crippen molar-refractivity contribution in [3.05, 3.63) is 51.8 Å². The summed E-state index contributed by atoms with van der Waals surface area (Å²) in [5.74, 6) is 1.33. The average molecular weight is 426 g/mol. The molecule has 0 amide bonds. The van der Waals surface area contributed by atoms with E-state index in [0.717, 1.165) is 24.2 Å². The first-order valence-electron chi connectivity index (χ1n) is 11.0. The molecule has 1 aromatic heterocycles. The van der Waals surface area contributed by atoms with Gasteiger partial charge in [0.15, 0.2) is 5.16 Å². The zero-order chi connectivity index (χ0) is 21.3. The van der Waals surface area contributed by atoms with E-state index >= 15 is 0 Å². The molecule has 1 aliphatic heterocycles. The number of hydrogen-bond acceptors (Lipinski definition) is 5. The second-order valence-corrected chi connectivity index (χ2v) is 10.4. The van der Waals surface area contributed by atoms with Crippen molar-refractivity contribution in [3.63, 3.8) is 0 Å². The van der Waals surface area contributed by atoms with Crippen LogP contribution in [0.15, 0.2) is 40.3 Å². The van der Waals surface area contributed by atoms with Gasteiger partial charge >= 0.3 is 0 Å². The highest BCUT2D eigenvalue weighted by Gasteiger charge is 2.49. The van der Waals surface area contributed by atoms with Crippen LogP contribution in [0.3, 0.4) is 0 Å². The molecule has 3 unspecified atom stereocenters. The topological polar surface area (TPSA) is 74.8 Å². The Kier molecular flexibility index (Phi) is 6.05. The number of nitrogens with zero attached hydrogens (tertiary/aromatic N) is 1. The van der Waals surface area contributed by atoms with Gasteiger partial charge in [-0.2, -0.15) is 0 Å². The van der Waals surface area contributed by atoms with Gasteiger partial charge in [0.2, 0.25) is 0 Å². The van der Waals surface area contributed by atoms with Crippen LogP contribution in [0, 0.1) is 11.3 Å². The van der Waals surface area contributed by atoms with Crippen molar-refractivity contribution in [2.24, 2.45) is 11.3 Å². The summed E-state index contributed by atoms with van der Waals surface area (Å²) in [5, 5.41) is 4.16. The fourth-order valence-electron chi connectivity index (χ4n) is 5.01. The first-order chi connectivity index (χ1) is 14.4. The minimum atomic E-state index is -0.258. The van der Waals surface area contributed by atoms with Crippen molar-refractivity contribution in [2.75, 3.05) is 11.1 Å². The molecule has 30 heavy (non-hydrogen) atoms. The van der Waals surface area contributed by atoms with Gasteiger partial charge in [0.05, 0.1) is 5.56 Å². The number of benzene rings is 1. The van der Waals surface area contributed by atoms with E-state index in [9.17, 15) is 9.59 Å². The molecule has 0 spiro atoms. The first-order valence-corrected chi connectivity index (χ1v) is 12.0. The number of hydrogen-bond donors (Lipinski definition) is 2. The minimum absolute atomic E-state index is 0.00815. The molecule has 1 aliphatic carbocycles. The molecule has 2 heterocycles. The largest absolute Gasteiger partial charge is 0.366 e. The number of thioether (sulfide) groups is 1. The van der Waals surface area contributed by atoms with E-state index in [1.165, 1.54) is 12.8 Å². The van der Waals surface area contributed by atoms with Crippen LogP contribution < -0.4 is 10.9 Å². The zero-order valence-electron chi connectivity index (χ0n) is 18.0. The molecular formula is C24H31N3O2S. The lowest BCUT2D eigenvalue weighted by Crippen LogP contribution is -2.51. The maximum absolute atomic E-state index is 13.2. The van der Waals surface area contributed by atoms with Gasteiger partial charge in [-0.15, -0.1) is 0 Å². The van der Waals surface area contributed by atoms with Crippen molar-refractivity contribution in [1.82, 2.24) is 9.97 Å². The number of anilines is 1. The molecule has 3 atom stereocenters. The lowest BCUT2D eigenvalue weighted by atomic mass is 9.62. The summed E-state index contributed by atoms with van der Waals surface area (Å²) in [7, 11) is 0. The fraction of sp³-hybridized carbons (Fsp3) is 0.542. The maximum Gasteiger partial charge on any atom is 0.257 e. The monoisotopic (exact) mass is 425 g/mol. The summed E-state index contributed by atoms with van der Waals surface area (Å²) in [4.78, 5) is 34.2. The van der Waals surface area contributed by atoms with Crippen LogP contribution >= 0.6 is 11.8 Å². The molecule has 1 aromatic carbocycles. The quantitative estimate of drug-likeness (QED) is 0.388. The Morgan fingerprint density at radius 1 is 1.17 bits per heavy atom. The smallest absolute Gasteiger partial charge is 0.257 e. The van der Waals surface area contributed by atoms with Gasteiger partial charge in [-0.05, 0) is 23.8 Å². The van der Waals surface area contributed by atoms with Crippen LogP contribution in [0.25, 0.3) is 0 Å². The van der Waals surface area contributed by atoms with Crippen molar-refractivity contribution in [1.29, 1.82) is 0 Å². The normalized spacial score (nSPS) is 24.6. The Hall–Kier alpha value is -2.08. The number of Topliss-reactive ketones (excluding diaryl/α,β-unsaturated/α-hetero) is 1. The van der Waals surface area contributed by atoms with Crippen LogP contribution in [-0.2, 0) is 4.79 Å². The minimum Gasteiger partial charge on any atom is -0.366 e. The number of rotatable bonds is 6. The van der Waals surface area contributed by atoms with Gasteiger partial charge in [0.1, 0.15) is 11.6 Å². The number of H-pyrrole nitrogens is 1. The number of unbranched alkanes of at least 4 members (excludes halogenated alkanes) is 2. The summed E-state index contributed by atoms with van der Waals surface area (Å²) in [6.45, 7) is 6.48. The van der Waals surface area contributed by atoms with E-state index in [0.29, 0.717) is 23.0 Å². The highest BCUT2D eigenvalue weighted by atomic mass is 32.2.